The molecule has 0 fully saturated rings. The van der Waals surface area contributed by atoms with E-state index < -0.39 is 0 Å². The first-order valence-electron chi connectivity index (χ1n) is 7.12. The Bertz CT molecular complexity index is 606. The lowest BCUT2D eigenvalue weighted by Crippen LogP contribution is -2.38. The van der Waals surface area contributed by atoms with E-state index in [0.29, 0.717) is 6.54 Å². The summed E-state index contributed by atoms with van der Waals surface area (Å²) in [7, 11) is 0. The van der Waals surface area contributed by atoms with Crippen LogP contribution in [0.3, 0.4) is 0 Å². The average Bonchev–Trinajstić information content (AvgIpc) is 2.47. The molecule has 0 bridgehead atoms. The van der Waals surface area contributed by atoms with Crippen LogP contribution in [-0.2, 0) is 11.2 Å². The zero-order chi connectivity index (χ0) is 13.9. The van der Waals surface area contributed by atoms with E-state index in [1.165, 1.54) is 16.7 Å². The van der Waals surface area contributed by atoms with E-state index >= 15 is 0 Å². The van der Waals surface area contributed by atoms with E-state index in [1.54, 1.807) is 6.92 Å². The molecule has 1 aliphatic rings. The van der Waals surface area contributed by atoms with Crippen molar-refractivity contribution in [2.75, 3.05) is 13.1 Å². The number of nitrogens with zero attached hydrogens (tertiary/aromatic N) is 1. The second-order valence-corrected chi connectivity index (χ2v) is 5.43. The Morgan fingerprint density at radius 2 is 1.80 bits per heavy atom. The molecule has 0 radical (unpaired) electrons. The van der Waals surface area contributed by atoms with Gasteiger partial charge in [0.05, 0.1) is 12.6 Å². The molecule has 2 heteroatoms. The van der Waals surface area contributed by atoms with Crippen LogP contribution in [-0.4, -0.2) is 23.8 Å². The van der Waals surface area contributed by atoms with Gasteiger partial charge in [-0.3, -0.25) is 9.69 Å². The zero-order valence-corrected chi connectivity index (χ0v) is 11.8. The molecule has 2 aromatic carbocycles. The van der Waals surface area contributed by atoms with Crippen molar-refractivity contribution >= 4 is 5.78 Å². The van der Waals surface area contributed by atoms with Gasteiger partial charge in [-0.05, 0) is 30.0 Å². The minimum absolute atomic E-state index is 0.199. The van der Waals surface area contributed by atoms with E-state index in [1.807, 2.05) is 6.07 Å². The second-order valence-electron chi connectivity index (χ2n) is 5.43. The van der Waals surface area contributed by atoms with Gasteiger partial charge in [0.1, 0.15) is 5.78 Å². The molecule has 1 heterocycles. The third kappa shape index (κ3) is 2.52. The minimum atomic E-state index is 0.199. The molecule has 2 nitrogen and oxygen atoms in total. The predicted molar refractivity (Wildman–Crippen MR) is 80.7 cm³/mol. The van der Waals surface area contributed by atoms with Crippen LogP contribution in [0.2, 0.25) is 0 Å². The fourth-order valence-electron chi connectivity index (χ4n) is 3.10. The molecule has 1 aliphatic heterocycles. The van der Waals surface area contributed by atoms with Crippen LogP contribution in [0.1, 0.15) is 29.7 Å². The van der Waals surface area contributed by atoms with Gasteiger partial charge in [0.15, 0.2) is 0 Å². The summed E-state index contributed by atoms with van der Waals surface area (Å²) in [5.41, 5.74) is 4.01. The molecule has 3 rings (SSSR count). The summed E-state index contributed by atoms with van der Waals surface area (Å²) in [4.78, 5) is 13.9. The highest BCUT2D eigenvalue weighted by Gasteiger charge is 2.28. The Morgan fingerprint density at radius 3 is 2.55 bits per heavy atom. The average molecular weight is 265 g/mol. The van der Waals surface area contributed by atoms with Crippen molar-refractivity contribution in [3.63, 3.8) is 0 Å². The van der Waals surface area contributed by atoms with Gasteiger partial charge in [-0.2, -0.15) is 0 Å². The molecule has 0 saturated carbocycles. The molecule has 102 valence electrons. The maximum Gasteiger partial charge on any atom is 0.143 e. The topological polar surface area (TPSA) is 20.3 Å². The molecule has 0 aliphatic carbocycles. The number of rotatable bonds is 3. The van der Waals surface area contributed by atoms with E-state index in [0.717, 1.165) is 13.0 Å². The minimum Gasteiger partial charge on any atom is -0.299 e. The highest BCUT2D eigenvalue weighted by Crippen LogP contribution is 2.34. The van der Waals surface area contributed by atoms with Gasteiger partial charge in [-0.1, -0.05) is 54.6 Å². The van der Waals surface area contributed by atoms with Gasteiger partial charge in [0, 0.05) is 6.54 Å². The Kier molecular flexibility index (Phi) is 3.66. The first-order valence-corrected chi connectivity index (χ1v) is 7.12. The van der Waals surface area contributed by atoms with Gasteiger partial charge in [0.2, 0.25) is 0 Å². The van der Waals surface area contributed by atoms with Crippen LogP contribution >= 0.6 is 0 Å². The first kappa shape index (κ1) is 13.1. The fourth-order valence-corrected chi connectivity index (χ4v) is 3.10. The zero-order valence-electron chi connectivity index (χ0n) is 11.8. The van der Waals surface area contributed by atoms with Crippen molar-refractivity contribution in [1.29, 1.82) is 0 Å². The Hall–Kier alpha value is -1.93. The SMILES string of the molecule is CC(=O)CN1CCc2ccccc2C1c1ccccc1. The number of fused-ring (bicyclic) bond motifs is 1. The number of hydrogen-bond donors (Lipinski definition) is 0. The maximum absolute atomic E-state index is 11.6. The summed E-state index contributed by atoms with van der Waals surface area (Å²) < 4.78 is 0. The molecule has 1 atom stereocenters. The van der Waals surface area contributed by atoms with Crippen LogP contribution in [0, 0.1) is 0 Å². The number of carbonyl (C=O) groups excluding carboxylic acids is 1. The third-order valence-corrected chi connectivity index (χ3v) is 3.92. The Morgan fingerprint density at radius 1 is 1.10 bits per heavy atom. The molecule has 0 spiro atoms. The number of carbonyl (C=O) groups is 1. The standard InChI is InChI=1S/C18H19NO/c1-14(20)13-19-12-11-15-7-5-6-10-17(15)18(19)16-8-3-2-4-9-16/h2-10,18H,11-13H2,1H3. The van der Waals surface area contributed by atoms with Crippen LogP contribution < -0.4 is 0 Å². The van der Waals surface area contributed by atoms with Crippen LogP contribution in [0.15, 0.2) is 54.6 Å². The summed E-state index contributed by atoms with van der Waals surface area (Å²) in [5.74, 6) is 0.227. The summed E-state index contributed by atoms with van der Waals surface area (Å²) in [5, 5.41) is 0. The van der Waals surface area contributed by atoms with Gasteiger partial charge >= 0.3 is 0 Å². The predicted octanol–water partition coefficient (Wildman–Crippen LogP) is 3.22. The van der Waals surface area contributed by atoms with E-state index in [-0.39, 0.29) is 11.8 Å². The summed E-state index contributed by atoms with van der Waals surface area (Å²) in [6, 6.07) is 19.3. The van der Waals surface area contributed by atoms with Crippen molar-refractivity contribution in [3.8, 4) is 0 Å². The van der Waals surface area contributed by atoms with Crippen molar-refractivity contribution < 1.29 is 4.79 Å². The molecule has 1 unspecified atom stereocenters. The van der Waals surface area contributed by atoms with E-state index in [2.05, 4.69) is 53.4 Å². The highest BCUT2D eigenvalue weighted by molar-refractivity contribution is 5.77. The van der Waals surface area contributed by atoms with Crippen LogP contribution in [0.5, 0.6) is 0 Å². The number of benzene rings is 2. The normalized spacial score (nSPS) is 18.6. The summed E-state index contributed by atoms with van der Waals surface area (Å²) >= 11 is 0. The molecule has 2 aromatic rings. The van der Waals surface area contributed by atoms with Gasteiger partial charge in [0.25, 0.3) is 0 Å². The maximum atomic E-state index is 11.6. The Labute approximate surface area is 120 Å². The highest BCUT2D eigenvalue weighted by atomic mass is 16.1. The third-order valence-electron chi connectivity index (χ3n) is 3.92. The molecular formula is C18H19NO. The van der Waals surface area contributed by atoms with E-state index in [4.69, 9.17) is 0 Å². The first-order chi connectivity index (χ1) is 9.75. The van der Waals surface area contributed by atoms with Gasteiger partial charge in [-0.25, -0.2) is 0 Å². The van der Waals surface area contributed by atoms with Crippen molar-refractivity contribution in [2.24, 2.45) is 0 Å². The molecule has 0 amide bonds. The van der Waals surface area contributed by atoms with Crippen LogP contribution in [0.4, 0.5) is 0 Å². The molecule has 0 N–H and O–H groups in total. The van der Waals surface area contributed by atoms with Crippen molar-refractivity contribution in [2.45, 2.75) is 19.4 Å². The Balaban J connectivity index is 2.05. The number of ketones is 1. The lowest BCUT2D eigenvalue weighted by molar-refractivity contribution is -0.118. The lowest BCUT2D eigenvalue weighted by atomic mass is 9.88. The molecular weight excluding hydrogens is 246 g/mol. The van der Waals surface area contributed by atoms with Crippen LogP contribution in [0.25, 0.3) is 0 Å². The van der Waals surface area contributed by atoms with Crippen molar-refractivity contribution in [3.05, 3.63) is 71.3 Å². The van der Waals surface area contributed by atoms with Crippen molar-refractivity contribution in [1.82, 2.24) is 4.90 Å². The quantitative estimate of drug-likeness (QED) is 0.849. The summed E-state index contributed by atoms with van der Waals surface area (Å²) in [6.07, 6.45) is 1.02. The molecule has 0 saturated heterocycles. The van der Waals surface area contributed by atoms with E-state index in [9.17, 15) is 4.79 Å². The molecule has 0 aromatic heterocycles. The summed E-state index contributed by atoms with van der Waals surface area (Å²) in [6.45, 7) is 3.13. The molecule has 20 heavy (non-hydrogen) atoms. The smallest absolute Gasteiger partial charge is 0.143 e. The van der Waals surface area contributed by atoms with Gasteiger partial charge < -0.3 is 0 Å². The number of hydrogen-bond acceptors (Lipinski definition) is 2. The lowest BCUT2D eigenvalue weighted by Gasteiger charge is -2.37. The van der Waals surface area contributed by atoms with Gasteiger partial charge in [-0.15, -0.1) is 0 Å². The fraction of sp³-hybridized carbons (Fsp3) is 0.278. The monoisotopic (exact) mass is 265 g/mol. The number of Topliss-reactive ketones (excluding diaryl/α,β-unsaturated/α-hetero) is 1. The largest absolute Gasteiger partial charge is 0.299 e. The second kappa shape index (κ2) is 5.59.